The third kappa shape index (κ3) is 27.6. The second-order valence-corrected chi connectivity index (χ2v) is 11.8. The number of aliphatic hydroxyl groups is 1. The molecular formula is C33H57NO5S. The molecule has 0 aliphatic carbocycles. The van der Waals surface area contributed by atoms with Crippen LogP contribution in [0.3, 0.4) is 0 Å². The van der Waals surface area contributed by atoms with E-state index in [9.17, 15) is 22.9 Å². The normalized spacial score (nSPS) is 14.4. The lowest BCUT2D eigenvalue weighted by Crippen LogP contribution is -2.46. The van der Waals surface area contributed by atoms with E-state index in [-0.39, 0.29) is 12.3 Å². The van der Waals surface area contributed by atoms with Crippen LogP contribution < -0.4 is 5.32 Å². The Bertz CT molecular complexity index is 858. The molecule has 0 aromatic carbocycles. The van der Waals surface area contributed by atoms with E-state index >= 15 is 0 Å². The van der Waals surface area contributed by atoms with Crippen LogP contribution in [0, 0.1) is 0 Å². The number of allylic oxidation sites excluding steroid dienone is 9. The third-order valence-corrected chi connectivity index (χ3v) is 7.21. The van der Waals surface area contributed by atoms with Gasteiger partial charge in [-0.05, 0) is 57.8 Å². The van der Waals surface area contributed by atoms with Crippen LogP contribution in [0.25, 0.3) is 0 Å². The molecule has 0 rings (SSSR count). The predicted octanol–water partition coefficient (Wildman–Crippen LogP) is 8.17. The fraction of sp³-hybridized carbons (Fsp3) is 0.667. The Kier molecular flexibility index (Phi) is 25.9. The summed E-state index contributed by atoms with van der Waals surface area (Å²) in [5.74, 6) is -1.03. The lowest BCUT2D eigenvalue weighted by Gasteiger charge is -2.21. The summed E-state index contributed by atoms with van der Waals surface area (Å²) in [6.45, 7) is 4.29. The summed E-state index contributed by atoms with van der Waals surface area (Å²) in [6.07, 6.45) is 36.5. The predicted molar refractivity (Wildman–Crippen MR) is 170 cm³/mol. The number of amides is 1. The Hall–Kier alpha value is -1.96. The van der Waals surface area contributed by atoms with Gasteiger partial charge in [-0.15, -0.1) is 0 Å². The highest BCUT2D eigenvalue weighted by atomic mass is 32.2. The van der Waals surface area contributed by atoms with E-state index in [1.165, 1.54) is 25.3 Å². The molecule has 0 bridgehead atoms. The first-order valence-electron chi connectivity index (χ1n) is 15.5. The zero-order valence-corrected chi connectivity index (χ0v) is 26.0. The standard InChI is InChI=1S/C33H57NO5S/c1-3-5-7-9-11-13-14-15-16-17-18-19-20-21-23-25-27-29-33(36)34-31(30-40(37,38)39)32(35)28-26-24-22-12-10-8-6-4-2/h5,7,10-13,15-16,26,28,31-32,35H,3-4,6,8-9,14,17-25,27,29-30H2,1-2H3,(H,34,36)(H,37,38,39)/b7-5-,12-10+,13-11-,16-15-,28-26+. The summed E-state index contributed by atoms with van der Waals surface area (Å²) in [5, 5.41) is 13.0. The second-order valence-electron chi connectivity index (χ2n) is 10.3. The molecule has 1 amide bonds. The molecule has 0 saturated heterocycles. The highest BCUT2D eigenvalue weighted by molar-refractivity contribution is 7.85. The van der Waals surface area contributed by atoms with Gasteiger partial charge in [0, 0.05) is 6.42 Å². The van der Waals surface area contributed by atoms with E-state index in [0.29, 0.717) is 12.8 Å². The lowest BCUT2D eigenvalue weighted by atomic mass is 10.1. The van der Waals surface area contributed by atoms with Crippen LogP contribution in [-0.4, -0.2) is 41.9 Å². The molecule has 0 aromatic rings. The molecule has 0 aliphatic rings. The van der Waals surface area contributed by atoms with Gasteiger partial charge in [0.05, 0.1) is 17.9 Å². The first kappa shape index (κ1) is 38.0. The molecule has 0 aromatic heterocycles. The van der Waals surface area contributed by atoms with Crippen molar-refractivity contribution in [2.45, 2.75) is 135 Å². The molecule has 7 heteroatoms. The average Bonchev–Trinajstić information content (AvgIpc) is 2.90. The molecule has 0 heterocycles. The second kappa shape index (κ2) is 27.2. The van der Waals surface area contributed by atoms with Crippen molar-refractivity contribution in [1.29, 1.82) is 0 Å². The van der Waals surface area contributed by atoms with Gasteiger partial charge in [-0.25, -0.2) is 0 Å². The van der Waals surface area contributed by atoms with Gasteiger partial charge < -0.3 is 10.4 Å². The Balaban J connectivity index is 4.06. The molecule has 2 unspecified atom stereocenters. The molecule has 0 spiro atoms. The highest BCUT2D eigenvalue weighted by Gasteiger charge is 2.24. The third-order valence-electron chi connectivity index (χ3n) is 6.43. The maximum atomic E-state index is 12.4. The van der Waals surface area contributed by atoms with Gasteiger partial charge in [-0.3, -0.25) is 9.35 Å². The molecule has 3 N–H and O–H groups in total. The molecule has 230 valence electrons. The molecule has 0 aliphatic heterocycles. The molecule has 2 atom stereocenters. The smallest absolute Gasteiger partial charge is 0.267 e. The molecule has 6 nitrogen and oxygen atoms in total. The van der Waals surface area contributed by atoms with E-state index in [1.807, 2.05) is 0 Å². The summed E-state index contributed by atoms with van der Waals surface area (Å²) in [7, 11) is -4.34. The Morgan fingerprint density at radius 3 is 1.88 bits per heavy atom. The quantitative estimate of drug-likeness (QED) is 0.0545. The summed E-state index contributed by atoms with van der Waals surface area (Å²) in [6, 6.07) is -1.08. The first-order valence-corrected chi connectivity index (χ1v) is 17.1. The molecule has 40 heavy (non-hydrogen) atoms. The number of aliphatic hydroxyl groups excluding tert-OH is 1. The molecular weight excluding hydrogens is 522 g/mol. The van der Waals surface area contributed by atoms with Crippen molar-refractivity contribution in [2.24, 2.45) is 0 Å². The summed E-state index contributed by atoms with van der Waals surface area (Å²) in [4.78, 5) is 12.4. The van der Waals surface area contributed by atoms with Gasteiger partial charge >= 0.3 is 0 Å². The van der Waals surface area contributed by atoms with Crippen LogP contribution in [0.15, 0.2) is 60.8 Å². The van der Waals surface area contributed by atoms with Crippen molar-refractivity contribution in [3.63, 3.8) is 0 Å². The number of nitrogens with one attached hydrogen (secondary N) is 1. The van der Waals surface area contributed by atoms with Gasteiger partial charge in [0.15, 0.2) is 0 Å². The largest absolute Gasteiger partial charge is 0.387 e. The minimum Gasteiger partial charge on any atom is -0.387 e. The fourth-order valence-electron chi connectivity index (χ4n) is 4.11. The van der Waals surface area contributed by atoms with Crippen molar-refractivity contribution >= 4 is 16.0 Å². The average molecular weight is 580 g/mol. The number of hydrogen-bond donors (Lipinski definition) is 3. The van der Waals surface area contributed by atoms with Crippen molar-refractivity contribution in [3.8, 4) is 0 Å². The fourth-order valence-corrected chi connectivity index (χ4v) is 4.84. The van der Waals surface area contributed by atoms with Crippen LogP contribution in [0.1, 0.15) is 123 Å². The topological polar surface area (TPSA) is 104 Å². The number of rotatable bonds is 26. The van der Waals surface area contributed by atoms with Gasteiger partial charge in [-0.2, -0.15) is 8.42 Å². The van der Waals surface area contributed by atoms with Crippen LogP contribution in [0.2, 0.25) is 0 Å². The van der Waals surface area contributed by atoms with Gasteiger partial charge in [0.2, 0.25) is 5.91 Å². The first-order chi connectivity index (χ1) is 19.3. The van der Waals surface area contributed by atoms with Crippen molar-refractivity contribution in [2.75, 3.05) is 5.75 Å². The van der Waals surface area contributed by atoms with Crippen molar-refractivity contribution < 1.29 is 22.9 Å². The van der Waals surface area contributed by atoms with Crippen LogP contribution in [0.5, 0.6) is 0 Å². The summed E-state index contributed by atoms with van der Waals surface area (Å²) in [5.41, 5.74) is 0. The van der Waals surface area contributed by atoms with Crippen LogP contribution in [0.4, 0.5) is 0 Å². The number of unbranched alkanes of at least 4 members (excludes halogenated alkanes) is 10. The van der Waals surface area contributed by atoms with E-state index in [1.54, 1.807) is 6.08 Å². The van der Waals surface area contributed by atoms with Crippen molar-refractivity contribution in [1.82, 2.24) is 5.32 Å². The van der Waals surface area contributed by atoms with Gasteiger partial charge in [-0.1, -0.05) is 120 Å². The zero-order valence-electron chi connectivity index (χ0n) is 25.2. The molecule has 0 saturated carbocycles. The SMILES string of the molecule is CC/C=C\C/C=C\C/C=C\CCCCCCCCCC(=O)NC(CS(=O)(=O)O)C(O)/C=C/CC/C=C/CCCC. The van der Waals surface area contributed by atoms with Crippen molar-refractivity contribution in [3.05, 3.63) is 60.8 Å². The minimum atomic E-state index is -4.34. The maximum absolute atomic E-state index is 12.4. The zero-order chi connectivity index (χ0) is 29.7. The number of carbonyl (C=O) groups excluding carboxylic acids is 1. The summed E-state index contributed by atoms with van der Waals surface area (Å²) >= 11 is 0. The van der Waals surface area contributed by atoms with Crippen LogP contribution >= 0.6 is 0 Å². The van der Waals surface area contributed by atoms with E-state index in [0.717, 1.165) is 70.6 Å². The van der Waals surface area contributed by atoms with E-state index in [2.05, 4.69) is 67.8 Å². The van der Waals surface area contributed by atoms with Crippen LogP contribution in [-0.2, 0) is 14.9 Å². The Morgan fingerprint density at radius 1 is 0.700 bits per heavy atom. The van der Waals surface area contributed by atoms with Gasteiger partial charge in [0.1, 0.15) is 0 Å². The minimum absolute atomic E-state index is 0.273. The monoisotopic (exact) mass is 579 g/mol. The molecule has 0 radical (unpaired) electrons. The van der Waals surface area contributed by atoms with E-state index in [4.69, 9.17) is 0 Å². The molecule has 0 fully saturated rings. The number of carbonyl (C=O) groups is 1. The lowest BCUT2D eigenvalue weighted by molar-refractivity contribution is -0.122. The maximum Gasteiger partial charge on any atom is 0.267 e. The summed E-state index contributed by atoms with van der Waals surface area (Å²) < 4.78 is 32.1. The Labute approximate surface area is 245 Å². The van der Waals surface area contributed by atoms with Gasteiger partial charge in [0.25, 0.3) is 10.1 Å². The Morgan fingerprint density at radius 2 is 1.23 bits per heavy atom. The number of hydrogen-bond acceptors (Lipinski definition) is 4. The highest BCUT2D eigenvalue weighted by Crippen LogP contribution is 2.11. The van der Waals surface area contributed by atoms with E-state index < -0.39 is 28.0 Å².